The van der Waals surface area contributed by atoms with Gasteiger partial charge in [-0.3, -0.25) is 0 Å². The molecule has 0 aliphatic carbocycles. The number of hydrogen-bond acceptors (Lipinski definition) is 5. The van der Waals surface area contributed by atoms with E-state index in [1.54, 1.807) is 19.6 Å². The summed E-state index contributed by atoms with van der Waals surface area (Å²) in [6.07, 6.45) is 3.28. The van der Waals surface area contributed by atoms with E-state index in [9.17, 15) is 0 Å². The Morgan fingerprint density at radius 1 is 1.33 bits per heavy atom. The standard InChI is InChI=1S/C10H17N3O2/c1-14-6-7-15-5-4-11-8-10-2-3-12-9-13-10/h2-3,9,11H,4-8H2,1H3. The fourth-order valence-electron chi connectivity index (χ4n) is 1.03. The minimum absolute atomic E-state index is 0.645. The van der Waals surface area contributed by atoms with Gasteiger partial charge >= 0.3 is 0 Å². The Kier molecular flexibility index (Phi) is 6.64. The Hall–Kier alpha value is -1.04. The molecule has 15 heavy (non-hydrogen) atoms. The summed E-state index contributed by atoms with van der Waals surface area (Å²) in [7, 11) is 1.66. The van der Waals surface area contributed by atoms with Crippen LogP contribution in [0.1, 0.15) is 5.69 Å². The van der Waals surface area contributed by atoms with Gasteiger partial charge in [0.05, 0.1) is 25.5 Å². The van der Waals surface area contributed by atoms with E-state index in [0.717, 1.165) is 18.8 Å². The molecule has 0 bridgehead atoms. The van der Waals surface area contributed by atoms with Gasteiger partial charge in [0.2, 0.25) is 0 Å². The number of ether oxygens (including phenoxy) is 2. The fourth-order valence-corrected chi connectivity index (χ4v) is 1.03. The van der Waals surface area contributed by atoms with E-state index in [-0.39, 0.29) is 0 Å². The molecule has 0 fully saturated rings. The lowest BCUT2D eigenvalue weighted by Gasteiger charge is -2.05. The van der Waals surface area contributed by atoms with E-state index in [0.29, 0.717) is 19.8 Å². The predicted octanol–water partition coefficient (Wildman–Crippen LogP) is 0.229. The summed E-state index contributed by atoms with van der Waals surface area (Å²) in [6, 6.07) is 1.89. The van der Waals surface area contributed by atoms with Gasteiger partial charge in [0, 0.05) is 26.4 Å². The van der Waals surface area contributed by atoms with Gasteiger partial charge in [-0.15, -0.1) is 0 Å². The van der Waals surface area contributed by atoms with Crippen LogP contribution < -0.4 is 5.32 Å². The highest BCUT2D eigenvalue weighted by Gasteiger charge is 1.92. The molecule has 0 amide bonds. The summed E-state index contributed by atoms with van der Waals surface area (Å²) < 4.78 is 10.1. The lowest BCUT2D eigenvalue weighted by atomic mass is 10.4. The molecule has 5 nitrogen and oxygen atoms in total. The number of methoxy groups -OCH3 is 1. The van der Waals surface area contributed by atoms with Crippen LogP contribution in [0.3, 0.4) is 0 Å². The summed E-state index contributed by atoms with van der Waals surface area (Å²) in [5.41, 5.74) is 0.988. The molecule has 1 aromatic rings. The van der Waals surface area contributed by atoms with Crippen molar-refractivity contribution >= 4 is 0 Å². The third-order valence-corrected chi connectivity index (χ3v) is 1.80. The number of nitrogens with zero attached hydrogens (tertiary/aromatic N) is 2. The maximum absolute atomic E-state index is 5.29. The van der Waals surface area contributed by atoms with Gasteiger partial charge < -0.3 is 14.8 Å². The van der Waals surface area contributed by atoms with Gasteiger partial charge in [-0.2, -0.15) is 0 Å². The van der Waals surface area contributed by atoms with Crippen LogP contribution in [0.15, 0.2) is 18.6 Å². The molecule has 1 heterocycles. The average molecular weight is 211 g/mol. The van der Waals surface area contributed by atoms with E-state index in [1.807, 2.05) is 6.07 Å². The highest BCUT2D eigenvalue weighted by molar-refractivity contribution is 4.96. The van der Waals surface area contributed by atoms with Gasteiger partial charge in [-0.05, 0) is 6.07 Å². The van der Waals surface area contributed by atoms with Crippen LogP contribution in [0.2, 0.25) is 0 Å². The van der Waals surface area contributed by atoms with Crippen LogP contribution in [-0.2, 0) is 16.0 Å². The predicted molar refractivity (Wildman–Crippen MR) is 56.4 cm³/mol. The molecule has 0 saturated heterocycles. The summed E-state index contributed by atoms with van der Waals surface area (Å²) in [6.45, 7) is 3.54. The first-order chi connectivity index (χ1) is 7.43. The Balaban J connectivity index is 1.93. The summed E-state index contributed by atoms with van der Waals surface area (Å²) >= 11 is 0. The third kappa shape index (κ3) is 6.11. The molecule has 0 aromatic carbocycles. The van der Waals surface area contributed by atoms with Crippen molar-refractivity contribution in [1.82, 2.24) is 15.3 Å². The van der Waals surface area contributed by atoms with Gasteiger partial charge in [0.1, 0.15) is 6.33 Å². The molecule has 0 atom stereocenters. The van der Waals surface area contributed by atoms with E-state index in [2.05, 4.69) is 15.3 Å². The van der Waals surface area contributed by atoms with Crippen molar-refractivity contribution in [2.24, 2.45) is 0 Å². The maximum Gasteiger partial charge on any atom is 0.115 e. The van der Waals surface area contributed by atoms with Crippen molar-refractivity contribution in [2.75, 3.05) is 33.5 Å². The zero-order valence-corrected chi connectivity index (χ0v) is 8.98. The Bertz CT molecular complexity index is 244. The quantitative estimate of drug-likeness (QED) is 0.624. The van der Waals surface area contributed by atoms with Crippen LogP contribution in [-0.4, -0.2) is 43.4 Å². The fraction of sp³-hybridized carbons (Fsp3) is 0.600. The number of rotatable bonds is 8. The van der Waals surface area contributed by atoms with Gasteiger partial charge in [-0.25, -0.2) is 9.97 Å². The summed E-state index contributed by atoms with van der Waals surface area (Å²) in [5, 5.41) is 3.22. The Morgan fingerprint density at radius 3 is 3.00 bits per heavy atom. The molecule has 1 rings (SSSR count). The van der Waals surface area contributed by atoms with Crippen LogP contribution >= 0.6 is 0 Å². The summed E-state index contributed by atoms with van der Waals surface area (Å²) in [4.78, 5) is 7.94. The maximum atomic E-state index is 5.29. The lowest BCUT2D eigenvalue weighted by Crippen LogP contribution is -2.20. The number of nitrogens with one attached hydrogen (secondary N) is 1. The first kappa shape index (κ1) is 12.0. The first-order valence-electron chi connectivity index (χ1n) is 4.96. The topological polar surface area (TPSA) is 56.3 Å². The normalized spacial score (nSPS) is 10.5. The van der Waals surface area contributed by atoms with Gasteiger partial charge in [0.25, 0.3) is 0 Å². The molecule has 0 unspecified atom stereocenters. The van der Waals surface area contributed by atoms with Crippen LogP contribution in [0.5, 0.6) is 0 Å². The number of aromatic nitrogens is 2. The van der Waals surface area contributed by atoms with Gasteiger partial charge in [0.15, 0.2) is 0 Å². The van der Waals surface area contributed by atoms with Crippen LogP contribution in [0.4, 0.5) is 0 Å². The average Bonchev–Trinajstić information content (AvgIpc) is 2.29. The minimum Gasteiger partial charge on any atom is -0.382 e. The highest BCUT2D eigenvalue weighted by atomic mass is 16.5. The van der Waals surface area contributed by atoms with Crippen LogP contribution in [0, 0.1) is 0 Å². The molecular weight excluding hydrogens is 194 g/mol. The minimum atomic E-state index is 0.645. The first-order valence-corrected chi connectivity index (χ1v) is 4.96. The largest absolute Gasteiger partial charge is 0.382 e. The van der Waals surface area contributed by atoms with Crippen molar-refractivity contribution in [3.8, 4) is 0 Å². The van der Waals surface area contributed by atoms with Crippen LogP contribution in [0.25, 0.3) is 0 Å². The Labute approximate surface area is 89.8 Å². The molecule has 1 N–H and O–H groups in total. The van der Waals surface area contributed by atoms with Crippen molar-refractivity contribution in [2.45, 2.75) is 6.54 Å². The van der Waals surface area contributed by atoms with E-state index < -0.39 is 0 Å². The van der Waals surface area contributed by atoms with Crippen molar-refractivity contribution < 1.29 is 9.47 Å². The molecular formula is C10H17N3O2. The Morgan fingerprint density at radius 2 is 2.27 bits per heavy atom. The summed E-state index contributed by atoms with van der Waals surface area (Å²) in [5.74, 6) is 0. The second-order valence-corrected chi connectivity index (χ2v) is 2.98. The molecule has 0 aliphatic heterocycles. The molecule has 1 aromatic heterocycles. The van der Waals surface area contributed by atoms with E-state index in [1.165, 1.54) is 0 Å². The second-order valence-electron chi connectivity index (χ2n) is 2.98. The van der Waals surface area contributed by atoms with Crippen molar-refractivity contribution in [1.29, 1.82) is 0 Å². The molecule has 84 valence electrons. The molecule has 0 aliphatic rings. The second kappa shape index (κ2) is 8.28. The molecule has 0 spiro atoms. The third-order valence-electron chi connectivity index (χ3n) is 1.80. The monoisotopic (exact) mass is 211 g/mol. The number of hydrogen-bond donors (Lipinski definition) is 1. The van der Waals surface area contributed by atoms with Crippen molar-refractivity contribution in [3.63, 3.8) is 0 Å². The SMILES string of the molecule is COCCOCCNCc1ccncn1. The highest BCUT2D eigenvalue weighted by Crippen LogP contribution is 1.88. The lowest BCUT2D eigenvalue weighted by molar-refractivity contribution is 0.0719. The van der Waals surface area contributed by atoms with E-state index >= 15 is 0 Å². The molecule has 0 radical (unpaired) electrons. The zero-order valence-electron chi connectivity index (χ0n) is 8.98. The van der Waals surface area contributed by atoms with Crippen molar-refractivity contribution in [3.05, 3.63) is 24.3 Å². The zero-order chi connectivity index (χ0) is 10.8. The van der Waals surface area contributed by atoms with E-state index in [4.69, 9.17) is 9.47 Å². The smallest absolute Gasteiger partial charge is 0.115 e. The van der Waals surface area contributed by atoms with Gasteiger partial charge in [-0.1, -0.05) is 0 Å². The molecule has 0 saturated carbocycles. The molecule has 5 heteroatoms.